The van der Waals surface area contributed by atoms with Gasteiger partial charge in [0.1, 0.15) is 30.8 Å². The maximum Gasteiger partial charge on any atom is 0.335 e. The van der Waals surface area contributed by atoms with Gasteiger partial charge in [-0.05, 0) is 99.4 Å². The topological polar surface area (TPSA) is 135 Å². The molecule has 0 spiro atoms. The van der Waals surface area contributed by atoms with Gasteiger partial charge in [-0.1, -0.05) is 37.8 Å². The lowest BCUT2D eigenvalue weighted by atomic mass is 9.98. The molecule has 1 aliphatic rings. The van der Waals surface area contributed by atoms with Crippen LogP contribution < -0.4 is 9.47 Å². The Kier molecular flexibility index (Phi) is 16.7. The molecule has 0 heterocycles. The van der Waals surface area contributed by atoms with E-state index in [0.717, 1.165) is 56.3 Å². The van der Waals surface area contributed by atoms with Gasteiger partial charge < -0.3 is 28.8 Å². The van der Waals surface area contributed by atoms with Crippen LogP contribution in [0.15, 0.2) is 78.9 Å². The number of ketones is 1. The number of aliphatic hydroxyl groups excluding tert-OH is 1. The Balaban J connectivity index is 1.23. The highest BCUT2D eigenvalue weighted by Crippen LogP contribution is 2.21. The molecule has 0 aromatic heterocycles. The van der Waals surface area contributed by atoms with Crippen molar-refractivity contribution < 1.29 is 48.0 Å². The molecule has 2 aromatic carbocycles. The van der Waals surface area contributed by atoms with E-state index in [9.17, 15) is 19.2 Å². The van der Waals surface area contributed by atoms with Crippen molar-refractivity contribution in [3.63, 3.8) is 0 Å². The van der Waals surface area contributed by atoms with Crippen LogP contribution in [0.5, 0.6) is 11.5 Å². The van der Waals surface area contributed by atoms with Gasteiger partial charge in [0, 0.05) is 11.1 Å². The molecule has 0 atom stereocenters. The van der Waals surface area contributed by atoms with Crippen molar-refractivity contribution in [2.45, 2.75) is 70.3 Å². The van der Waals surface area contributed by atoms with E-state index in [-0.39, 0.29) is 49.3 Å². The molecule has 1 saturated carbocycles. The van der Waals surface area contributed by atoms with Crippen LogP contribution in [0, 0.1) is 0 Å². The Hall–Kier alpha value is -4.70. The van der Waals surface area contributed by atoms with Crippen LogP contribution in [-0.2, 0) is 28.6 Å². The second kappa shape index (κ2) is 21.2. The molecule has 1 aliphatic carbocycles. The maximum atomic E-state index is 12.6. The van der Waals surface area contributed by atoms with Crippen LogP contribution in [0.1, 0.15) is 80.1 Å². The average Bonchev–Trinajstić information content (AvgIpc) is 3.10. The lowest BCUT2D eigenvalue weighted by Crippen LogP contribution is -2.22. The van der Waals surface area contributed by atoms with E-state index in [2.05, 4.69) is 13.2 Å². The number of rotatable bonds is 21. The SMILES string of the molecule is C=C(CO)C(=O)OCCOc1ccc(C(=O)/C=C/c2ccc(OCCCCCCOC(=O)C(=C)CC(=O)OC3CCCCC3)cc2)cc1. The molecule has 258 valence electrons. The summed E-state index contributed by atoms with van der Waals surface area (Å²) < 4.78 is 26.9. The Morgan fingerprint density at radius 2 is 1.29 bits per heavy atom. The first-order chi connectivity index (χ1) is 23.2. The summed E-state index contributed by atoms with van der Waals surface area (Å²) in [6, 6.07) is 14.1. The molecule has 3 rings (SSSR count). The molecule has 10 nitrogen and oxygen atoms in total. The first-order valence-electron chi connectivity index (χ1n) is 16.4. The van der Waals surface area contributed by atoms with Gasteiger partial charge in [0.05, 0.1) is 31.8 Å². The van der Waals surface area contributed by atoms with Crippen molar-refractivity contribution in [2.24, 2.45) is 0 Å². The third-order valence-electron chi connectivity index (χ3n) is 7.55. The van der Waals surface area contributed by atoms with Crippen LogP contribution >= 0.6 is 0 Å². The zero-order chi connectivity index (χ0) is 34.6. The number of hydrogen-bond donors (Lipinski definition) is 1. The molecule has 0 radical (unpaired) electrons. The second-order valence-electron chi connectivity index (χ2n) is 11.5. The summed E-state index contributed by atoms with van der Waals surface area (Å²) in [5.41, 5.74) is 1.45. The van der Waals surface area contributed by atoms with E-state index in [1.165, 1.54) is 12.5 Å². The quantitative estimate of drug-likeness (QED) is 0.0529. The molecule has 0 aliphatic heterocycles. The smallest absolute Gasteiger partial charge is 0.335 e. The molecular formula is C38H46O10. The molecule has 0 bridgehead atoms. The number of unbranched alkanes of at least 4 members (excludes halogenated alkanes) is 3. The highest BCUT2D eigenvalue weighted by atomic mass is 16.6. The molecule has 10 heteroatoms. The molecule has 1 N–H and O–H groups in total. The minimum absolute atomic E-state index is 0.00583. The van der Waals surface area contributed by atoms with Gasteiger partial charge in [-0.25, -0.2) is 9.59 Å². The van der Waals surface area contributed by atoms with Crippen molar-refractivity contribution in [2.75, 3.05) is 33.0 Å². The summed E-state index contributed by atoms with van der Waals surface area (Å²) in [6.07, 6.45) is 11.5. The number of allylic oxidation sites excluding steroid dienone is 1. The predicted molar refractivity (Wildman–Crippen MR) is 181 cm³/mol. The fourth-order valence-corrected chi connectivity index (χ4v) is 4.79. The highest BCUT2D eigenvalue weighted by Gasteiger charge is 2.20. The summed E-state index contributed by atoms with van der Waals surface area (Å²) in [7, 11) is 0. The van der Waals surface area contributed by atoms with E-state index in [1.54, 1.807) is 30.3 Å². The Morgan fingerprint density at radius 3 is 1.96 bits per heavy atom. The highest BCUT2D eigenvalue weighted by molar-refractivity contribution is 6.06. The van der Waals surface area contributed by atoms with Gasteiger partial charge in [0.25, 0.3) is 0 Å². The number of ether oxygens (including phenoxy) is 5. The average molecular weight is 663 g/mol. The van der Waals surface area contributed by atoms with Crippen molar-refractivity contribution >= 4 is 29.8 Å². The monoisotopic (exact) mass is 662 g/mol. The summed E-state index contributed by atoms with van der Waals surface area (Å²) in [4.78, 5) is 48.2. The predicted octanol–water partition coefficient (Wildman–Crippen LogP) is 6.36. The normalized spacial score (nSPS) is 13.0. The van der Waals surface area contributed by atoms with Crippen LogP contribution in [-0.4, -0.2) is 67.9 Å². The summed E-state index contributed by atoms with van der Waals surface area (Å²) >= 11 is 0. The molecular weight excluding hydrogens is 616 g/mol. The van der Waals surface area contributed by atoms with Gasteiger partial charge in [-0.3, -0.25) is 9.59 Å². The van der Waals surface area contributed by atoms with Crippen LogP contribution in [0.2, 0.25) is 0 Å². The minimum Gasteiger partial charge on any atom is -0.494 e. The molecule has 0 amide bonds. The van der Waals surface area contributed by atoms with Crippen molar-refractivity contribution in [1.29, 1.82) is 0 Å². The van der Waals surface area contributed by atoms with Gasteiger partial charge in [0.2, 0.25) is 0 Å². The van der Waals surface area contributed by atoms with E-state index in [0.29, 0.717) is 24.3 Å². The first-order valence-corrected chi connectivity index (χ1v) is 16.4. The van der Waals surface area contributed by atoms with Crippen molar-refractivity contribution in [1.82, 2.24) is 0 Å². The number of carbonyl (C=O) groups is 4. The number of hydrogen-bond acceptors (Lipinski definition) is 10. The fourth-order valence-electron chi connectivity index (χ4n) is 4.79. The van der Waals surface area contributed by atoms with Gasteiger partial charge >= 0.3 is 17.9 Å². The van der Waals surface area contributed by atoms with Crippen LogP contribution in [0.4, 0.5) is 0 Å². The molecule has 48 heavy (non-hydrogen) atoms. The Labute approximate surface area is 282 Å². The third-order valence-corrected chi connectivity index (χ3v) is 7.55. The molecule has 0 saturated heterocycles. The first kappa shape index (κ1) is 37.8. The van der Waals surface area contributed by atoms with Crippen molar-refractivity contribution in [3.8, 4) is 11.5 Å². The molecule has 1 fully saturated rings. The number of esters is 3. The number of aliphatic hydroxyl groups is 1. The minimum atomic E-state index is -0.673. The lowest BCUT2D eigenvalue weighted by molar-refractivity contribution is -0.151. The van der Waals surface area contributed by atoms with Crippen molar-refractivity contribution in [3.05, 3.63) is 90.0 Å². The standard InChI is InChI=1S/C38H46O10/c1-28(26-36(41)48-34-10-6-5-7-11-34)37(42)46-23-9-4-3-8-22-44-32-17-12-30(13-18-32)14-21-35(40)31-15-19-33(20-16-31)45-24-25-47-38(43)29(2)27-39/h12-21,34,39H,1-11,22-27H2/b21-14+. The molecule has 0 unspecified atom stereocenters. The zero-order valence-corrected chi connectivity index (χ0v) is 27.5. The van der Waals surface area contributed by atoms with Gasteiger partial charge in [-0.15, -0.1) is 0 Å². The van der Waals surface area contributed by atoms with Crippen LogP contribution in [0.3, 0.4) is 0 Å². The maximum absolute atomic E-state index is 12.6. The largest absolute Gasteiger partial charge is 0.494 e. The second-order valence-corrected chi connectivity index (χ2v) is 11.5. The Morgan fingerprint density at radius 1 is 0.708 bits per heavy atom. The van der Waals surface area contributed by atoms with Gasteiger partial charge in [-0.2, -0.15) is 0 Å². The Bertz CT molecular complexity index is 1390. The summed E-state index contributed by atoms with van der Waals surface area (Å²) in [5.74, 6) is -0.544. The van der Waals surface area contributed by atoms with E-state index in [1.807, 2.05) is 24.3 Å². The fraction of sp³-hybridized carbons (Fsp3) is 0.421. The number of benzene rings is 2. The zero-order valence-electron chi connectivity index (χ0n) is 27.5. The van der Waals surface area contributed by atoms with E-state index < -0.39 is 24.5 Å². The third kappa shape index (κ3) is 14.4. The van der Waals surface area contributed by atoms with Crippen LogP contribution in [0.25, 0.3) is 6.08 Å². The molecule has 2 aromatic rings. The van der Waals surface area contributed by atoms with Gasteiger partial charge in [0.15, 0.2) is 5.78 Å². The summed E-state index contributed by atoms with van der Waals surface area (Å²) in [5, 5.41) is 8.86. The summed E-state index contributed by atoms with van der Waals surface area (Å²) in [6.45, 7) is 7.57. The van der Waals surface area contributed by atoms with E-state index >= 15 is 0 Å². The lowest BCUT2D eigenvalue weighted by Gasteiger charge is -2.21. The number of carbonyl (C=O) groups excluding carboxylic acids is 4. The van der Waals surface area contributed by atoms with E-state index in [4.69, 9.17) is 28.8 Å².